The van der Waals surface area contributed by atoms with Crippen LogP contribution in [0.2, 0.25) is 5.15 Å². The first-order valence-corrected chi connectivity index (χ1v) is 7.46. The summed E-state index contributed by atoms with van der Waals surface area (Å²) in [7, 11) is 1.61. The van der Waals surface area contributed by atoms with E-state index in [1.165, 1.54) is 0 Å². The Kier molecular flexibility index (Phi) is 4.28. The molecule has 1 aromatic heterocycles. The number of methoxy groups -OCH3 is 1. The molecule has 110 valence electrons. The Bertz CT molecular complexity index is 682. The summed E-state index contributed by atoms with van der Waals surface area (Å²) >= 11 is 9.52. The Labute approximate surface area is 135 Å². The Morgan fingerprint density at radius 3 is 2.86 bits per heavy atom. The first kappa shape index (κ1) is 14.6. The van der Waals surface area contributed by atoms with E-state index in [0.29, 0.717) is 42.3 Å². The van der Waals surface area contributed by atoms with Crippen molar-refractivity contribution in [2.45, 2.75) is 6.61 Å². The molecule has 1 aromatic carbocycles. The highest BCUT2D eigenvalue weighted by Gasteiger charge is 2.18. The lowest BCUT2D eigenvalue weighted by Crippen LogP contribution is -2.15. The lowest BCUT2D eigenvalue weighted by atomic mass is 10.1. The molecule has 1 aliphatic heterocycles. The van der Waals surface area contributed by atoms with E-state index in [4.69, 9.17) is 25.8 Å². The van der Waals surface area contributed by atoms with Gasteiger partial charge in [-0.1, -0.05) is 11.6 Å². The Balaban J connectivity index is 2.06. The summed E-state index contributed by atoms with van der Waals surface area (Å²) in [5.74, 6) is 1.89. The van der Waals surface area contributed by atoms with Crippen molar-refractivity contribution >= 4 is 27.5 Å². The molecule has 0 N–H and O–H groups in total. The van der Waals surface area contributed by atoms with Crippen molar-refractivity contribution in [1.29, 1.82) is 0 Å². The fourth-order valence-corrected chi connectivity index (χ4v) is 2.82. The number of hydrogen-bond acceptors (Lipinski definition) is 5. The molecule has 0 saturated carbocycles. The van der Waals surface area contributed by atoms with Crippen LogP contribution in [0.1, 0.15) is 5.69 Å². The highest BCUT2D eigenvalue weighted by atomic mass is 79.9. The molecule has 0 atom stereocenters. The van der Waals surface area contributed by atoms with Crippen LogP contribution in [0.5, 0.6) is 11.5 Å². The summed E-state index contributed by atoms with van der Waals surface area (Å²) in [6.07, 6.45) is 0. The molecule has 1 aliphatic rings. The molecule has 0 unspecified atom stereocenters. The number of halogens is 2. The SMILES string of the molecule is COCc1cc(Cl)nc(-c2cc(Br)c3c(c2)OCCO3)n1. The predicted molar refractivity (Wildman–Crippen MR) is 81.9 cm³/mol. The molecule has 21 heavy (non-hydrogen) atoms. The van der Waals surface area contributed by atoms with E-state index in [1.54, 1.807) is 13.2 Å². The van der Waals surface area contributed by atoms with Crippen molar-refractivity contribution in [3.8, 4) is 22.9 Å². The van der Waals surface area contributed by atoms with Crippen LogP contribution in [0.4, 0.5) is 0 Å². The summed E-state index contributed by atoms with van der Waals surface area (Å²) in [5, 5.41) is 0.373. The van der Waals surface area contributed by atoms with E-state index < -0.39 is 0 Å². The van der Waals surface area contributed by atoms with Crippen LogP contribution in [-0.4, -0.2) is 30.3 Å². The summed E-state index contributed by atoms with van der Waals surface area (Å²) in [4.78, 5) is 8.70. The molecule has 2 aromatic rings. The monoisotopic (exact) mass is 370 g/mol. The molecule has 0 radical (unpaired) electrons. The van der Waals surface area contributed by atoms with Gasteiger partial charge < -0.3 is 14.2 Å². The minimum absolute atomic E-state index is 0.373. The van der Waals surface area contributed by atoms with Gasteiger partial charge in [-0.15, -0.1) is 0 Å². The van der Waals surface area contributed by atoms with E-state index in [2.05, 4.69) is 25.9 Å². The van der Waals surface area contributed by atoms with Crippen LogP contribution in [0, 0.1) is 0 Å². The van der Waals surface area contributed by atoms with E-state index >= 15 is 0 Å². The molecule has 5 nitrogen and oxygen atoms in total. The number of hydrogen-bond donors (Lipinski definition) is 0. The molecule has 0 amide bonds. The highest BCUT2D eigenvalue weighted by molar-refractivity contribution is 9.10. The smallest absolute Gasteiger partial charge is 0.175 e. The van der Waals surface area contributed by atoms with Crippen LogP contribution in [0.3, 0.4) is 0 Å². The number of benzene rings is 1. The van der Waals surface area contributed by atoms with E-state index in [0.717, 1.165) is 15.7 Å². The van der Waals surface area contributed by atoms with Gasteiger partial charge in [0, 0.05) is 12.7 Å². The fourth-order valence-electron chi connectivity index (χ4n) is 2.06. The first-order valence-electron chi connectivity index (χ1n) is 6.29. The first-order chi connectivity index (χ1) is 10.2. The van der Waals surface area contributed by atoms with Gasteiger partial charge >= 0.3 is 0 Å². The number of aromatic nitrogens is 2. The van der Waals surface area contributed by atoms with Crippen molar-refractivity contribution < 1.29 is 14.2 Å². The molecule has 0 fully saturated rings. The van der Waals surface area contributed by atoms with Gasteiger partial charge in [-0.3, -0.25) is 0 Å². The van der Waals surface area contributed by atoms with Gasteiger partial charge in [-0.2, -0.15) is 0 Å². The lowest BCUT2D eigenvalue weighted by molar-refractivity contribution is 0.170. The van der Waals surface area contributed by atoms with Crippen molar-refractivity contribution in [3.05, 3.63) is 33.5 Å². The van der Waals surface area contributed by atoms with Gasteiger partial charge in [0.2, 0.25) is 0 Å². The van der Waals surface area contributed by atoms with E-state index in [1.807, 2.05) is 12.1 Å². The van der Waals surface area contributed by atoms with Gasteiger partial charge in [-0.25, -0.2) is 9.97 Å². The third-order valence-electron chi connectivity index (χ3n) is 2.90. The maximum absolute atomic E-state index is 6.04. The standard InChI is InChI=1S/C14H12BrClN2O3/c1-19-7-9-6-12(16)18-14(17-9)8-4-10(15)13-11(5-8)20-2-3-21-13/h4-6H,2-3,7H2,1H3. The van der Waals surface area contributed by atoms with Crippen molar-refractivity contribution in [2.75, 3.05) is 20.3 Å². The summed E-state index contributed by atoms with van der Waals surface area (Å²) in [6.45, 7) is 1.44. The number of fused-ring (bicyclic) bond motifs is 1. The quantitative estimate of drug-likeness (QED) is 0.773. The molecular formula is C14H12BrClN2O3. The van der Waals surface area contributed by atoms with E-state index in [-0.39, 0.29) is 0 Å². The molecule has 7 heteroatoms. The molecule has 0 saturated heterocycles. The van der Waals surface area contributed by atoms with Gasteiger partial charge in [0.25, 0.3) is 0 Å². The van der Waals surface area contributed by atoms with Gasteiger partial charge in [0.1, 0.15) is 18.4 Å². The van der Waals surface area contributed by atoms with Gasteiger partial charge in [0.05, 0.1) is 16.8 Å². The van der Waals surface area contributed by atoms with Crippen LogP contribution < -0.4 is 9.47 Å². The number of ether oxygens (including phenoxy) is 3. The van der Waals surface area contributed by atoms with E-state index in [9.17, 15) is 0 Å². The maximum Gasteiger partial charge on any atom is 0.175 e. The summed E-state index contributed by atoms with van der Waals surface area (Å²) in [6, 6.07) is 5.42. The minimum Gasteiger partial charge on any atom is -0.486 e. The topological polar surface area (TPSA) is 53.5 Å². The normalized spacial score (nSPS) is 13.3. The van der Waals surface area contributed by atoms with Crippen LogP contribution in [-0.2, 0) is 11.3 Å². The number of rotatable bonds is 3. The summed E-state index contributed by atoms with van der Waals surface area (Å²) < 4.78 is 17.1. The van der Waals surface area contributed by atoms with Gasteiger partial charge in [-0.05, 0) is 34.1 Å². The zero-order chi connectivity index (χ0) is 14.8. The second kappa shape index (κ2) is 6.17. The van der Waals surface area contributed by atoms with Crippen molar-refractivity contribution in [2.24, 2.45) is 0 Å². The number of nitrogens with zero attached hydrogens (tertiary/aromatic N) is 2. The fraction of sp³-hybridized carbons (Fsp3) is 0.286. The lowest BCUT2D eigenvalue weighted by Gasteiger charge is -2.20. The van der Waals surface area contributed by atoms with Crippen molar-refractivity contribution in [1.82, 2.24) is 9.97 Å². The predicted octanol–water partition coefficient (Wildman–Crippen LogP) is 3.48. The van der Waals surface area contributed by atoms with Gasteiger partial charge in [0.15, 0.2) is 17.3 Å². The average molecular weight is 372 g/mol. The average Bonchev–Trinajstić information content (AvgIpc) is 2.47. The zero-order valence-electron chi connectivity index (χ0n) is 11.2. The Morgan fingerprint density at radius 2 is 2.05 bits per heavy atom. The highest BCUT2D eigenvalue weighted by Crippen LogP contribution is 2.40. The molecule has 0 bridgehead atoms. The van der Waals surface area contributed by atoms with Crippen LogP contribution >= 0.6 is 27.5 Å². The maximum atomic E-state index is 6.04. The zero-order valence-corrected chi connectivity index (χ0v) is 13.6. The second-order valence-corrected chi connectivity index (χ2v) is 5.66. The molecule has 2 heterocycles. The molecule has 0 aliphatic carbocycles. The second-order valence-electron chi connectivity index (χ2n) is 4.42. The third-order valence-corrected chi connectivity index (χ3v) is 3.68. The van der Waals surface area contributed by atoms with Crippen LogP contribution in [0.15, 0.2) is 22.7 Å². The largest absolute Gasteiger partial charge is 0.486 e. The third kappa shape index (κ3) is 3.12. The minimum atomic E-state index is 0.373. The Morgan fingerprint density at radius 1 is 1.24 bits per heavy atom. The summed E-state index contributed by atoms with van der Waals surface area (Å²) in [5.41, 5.74) is 1.52. The van der Waals surface area contributed by atoms with Crippen molar-refractivity contribution in [3.63, 3.8) is 0 Å². The molecular weight excluding hydrogens is 360 g/mol. The molecule has 3 rings (SSSR count). The Hall–Kier alpha value is -1.37. The molecule has 0 spiro atoms. The van der Waals surface area contributed by atoms with Crippen LogP contribution in [0.25, 0.3) is 11.4 Å².